The number of aromatic nitrogens is 1. The van der Waals surface area contributed by atoms with Crippen LogP contribution in [0.3, 0.4) is 0 Å². The van der Waals surface area contributed by atoms with Crippen LogP contribution in [0, 0.1) is 13.8 Å². The van der Waals surface area contributed by atoms with Crippen molar-refractivity contribution in [2.75, 3.05) is 6.61 Å². The molecule has 0 saturated carbocycles. The molecule has 0 unspecified atom stereocenters. The van der Waals surface area contributed by atoms with E-state index in [1.54, 1.807) is 13.8 Å². The highest BCUT2D eigenvalue weighted by Crippen LogP contribution is 2.19. The van der Waals surface area contributed by atoms with Crippen molar-refractivity contribution in [3.05, 3.63) is 52.3 Å². The summed E-state index contributed by atoms with van der Waals surface area (Å²) in [5.74, 6) is -1.33. The Morgan fingerprint density at radius 3 is 2.48 bits per heavy atom. The van der Waals surface area contributed by atoms with Crippen LogP contribution in [0.25, 0.3) is 0 Å². The first-order valence-electron chi connectivity index (χ1n) is 7.00. The molecule has 120 valence electrons. The number of aromatic amines is 1. The Hall–Kier alpha value is -2.89. The number of hydrogen-bond acceptors (Lipinski definition) is 5. The number of carbonyl (C=O) groups excluding carboxylic acids is 3. The molecule has 1 aromatic carbocycles. The summed E-state index contributed by atoms with van der Waals surface area (Å²) in [4.78, 5) is 38.5. The lowest BCUT2D eigenvalue weighted by Gasteiger charge is -2.05. The second-order valence-electron chi connectivity index (χ2n) is 5.23. The van der Waals surface area contributed by atoms with E-state index in [9.17, 15) is 19.5 Å². The van der Waals surface area contributed by atoms with Gasteiger partial charge in [-0.05, 0) is 44.5 Å². The first kappa shape index (κ1) is 16.5. The van der Waals surface area contributed by atoms with Crippen LogP contribution in [0.1, 0.15) is 49.4 Å². The van der Waals surface area contributed by atoms with Crippen LogP contribution in [0.15, 0.2) is 24.3 Å². The molecule has 2 N–H and O–H groups in total. The zero-order chi connectivity index (χ0) is 17.1. The minimum atomic E-state index is -0.707. The molecule has 0 spiro atoms. The van der Waals surface area contributed by atoms with E-state index in [1.165, 1.54) is 31.2 Å². The predicted molar refractivity (Wildman–Crippen MR) is 83.0 cm³/mol. The Morgan fingerprint density at radius 1 is 1.22 bits per heavy atom. The highest BCUT2D eigenvalue weighted by atomic mass is 16.5. The minimum Gasteiger partial charge on any atom is -0.508 e. The summed E-state index contributed by atoms with van der Waals surface area (Å²) < 4.78 is 4.96. The molecule has 0 atom stereocenters. The number of Topliss-reactive ketones (excluding diaryl/α,β-unsaturated/α-hetero) is 2. The van der Waals surface area contributed by atoms with E-state index in [-0.39, 0.29) is 22.8 Å². The average molecular weight is 315 g/mol. The van der Waals surface area contributed by atoms with Crippen LogP contribution in [0.2, 0.25) is 0 Å². The summed E-state index contributed by atoms with van der Waals surface area (Å²) in [6.45, 7) is 4.36. The maximum atomic E-state index is 12.2. The average Bonchev–Trinajstić information content (AvgIpc) is 2.79. The van der Waals surface area contributed by atoms with E-state index in [1.807, 2.05) is 0 Å². The summed E-state index contributed by atoms with van der Waals surface area (Å²) in [6, 6.07) is 5.66. The molecule has 23 heavy (non-hydrogen) atoms. The largest absolute Gasteiger partial charge is 0.508 e. The van der Waals surface area contributed by atoms with Gasteiger partial charge in [0.15, 0.2) is 12.4 Å². The quantitative estimate of drug-likeness (QED) is 0.653. The monoisotopic (exact) mass is 315 g/mol. The number of hydrogen-bond donors (Lipinski definition) is 2. The summed E-state index contributed by atoms with van der Waals surface area (Å²) >= 11 is 0. The molecule has 0 aliphatic heterocycles. The van der Waals surface area contributed by atoms with Gasteiger partial charge >= 0.3 is 5.97 Å². The number of ketones is 2. The van der Waals surface area contributed by atoms with E-state index in [0.29, 0.717) is 16.8 Å². The number of H-pyrrole nitrogens is 1. The van der Waals surface area contributed by atoms with Crippen molar-refractivity contribution in [3.63, 3.8) is 0 Å². The smallest absolute Gasteiger partial charge is 0.338 e. The second-order valence-corrected chi connectivity index (χ2v) is 5.23. The third-order valence-electron chi connectivity index (χ3n) is 3.48. The minimum absolute atomic E-state index is 0.0623. The van der Waals surface area contributed by atoms with Crippen LogP contribution < -0.4 is 0 Å². The van der Waals surface area contributed by atoms with Crippen molar-refractivity contribution < 1.29 is 24.2 Å². The molecule has 0 amide bonds. The Morgan fingerprint density at radius 2 is 1.91 bits per heavy atom. The normalized spacial score (nSPS) is 10.4. The van der Waals surface area contributed by atoms with Gasteiger partial charge in [-0.25, -0.2) is 4.79 Å². The number of rotatable bonds is 5. The second kappa shape index (κ2) is 6.48. The molecule has 0 radical (unpaired) electrons. The number of aromatic hydroxyl groups is 1. The Kier molecular flexibility index (Phi) is 4.64. The number of esters is 1. The topological polar surface area (TPSA) is 96.5 Å². The molecule has 0 bridgehead atoms. The number of ether oxygens (including phenoxy) is 1. The Labute approximate surface area is 133 Å². The number of nitrogens with one attached hydrogen (secondary N) is 1. The van der Waals surface area contributed by atoms with Crippen LogP contribution in [0.5, 0.6) is 5.75 Å². The molecule has 2 aromatic rings. The van der Waals surface area contributed by atoms with Crippen molar-refractivity contribution in [2.45, 2.75) is 20.8 Å². The maximum absolute atomic E-state index is 12.2. The molecule has 2 rings (SSSR count). The van der Waals surface area contributed by atoms with Gasteiger partial charge in [0.05, 0.1) is 11.3 Å². The molecule has 1 heterocycles. The molecule has 0 aliphatic carbocycles. The molecule has 0 saturated heterocycles. The van der Waals surface area contributed by atoms with Gasteiger partial charge in [0, 0.05) is 11.3 Å². The molecule has 0 aliphatic rings. The van der Waals surface area contributed by atoms with Gasteiger partial charge in [-0.3, -0.25) is 9.59 Å². The molecule has 0 fully saturated rings. The maximum Gasteiger partial charge on any atom is 0.338 e. The predicted octanol–water partition coefficient (Wildman–Crippen LogP) is 2.58. The number of benzene rings is 1. The fourth-order valence-electron chi connectivity index (χ4n) is 2.48. The van der Waals surface area contributed by atoms with Gasteiger partial charge in [-0.1, -0.05) is 6.07 Å². The lowest BCUT2D eigenvalue weighted by Crippen LogP contribution is -2.15. The van der Waals surface area contributed by atoms with Crippen molar-refractivity contribution in [2.24, 2.45) is 0 Å². The lowest BCUT2D eigenvalue weighted by atomic mass is 10.1. The number of aryl methyl sites for hydroxylation is 1. The molecule has 6 nitrogen and oxygen atoms in total. The first-order valence-corrected chi connectivity index (χ1v) is 7.00. The molecule has 6 heteroatoms. The van der Waals surface area contributed by atoms with Gasteiger partial charge in [0.1, 0.15) is 5.75 Å². The van der Waals surface area contributed by atoms with Crippen molar-refractivity contribution in [1.82, 2.24) is 4.98 Å². The Balaban J connectivity index is 2.10. The van der Waals surface area contributed by atoms with Gasteiger partial charge in [0.2, 0.25) is 5.78 Å². The van der Waals surface area contributed by atoms with Gasteiger partial charge in [-0.15, -0.1) is 0 Å². The fourth-order valence-corrected chi connectivity index (χ4v) is 2.48. The Bertz CT molecular complexity index is 788. The fraction of sp³-hybridized carbons (Fsp3) is 0.235. The summed E-state index contributed by atoms with van der Waals surface area (Å²) in [7, 11) is 0. The zero-order valence-electron chi connectivity index (χ0n) is 13.1. The number of phenols is 1. The van der Waals surface area contributed by atoms with Crippen LogP contribution in [-0.4, -0.2) is 34.2 Å². The zero-order valence-corrected chi connectivity index (χ0v) is 13.1. The van der Waals surface area contributed by atoms with Crippen LogP contribution in [-0.2, 0) is 4.74 Å². The van der Waals surface area contributed by atoms with E-state index in [2.05, 4.69) is 4.98 Å². The van der Waals surface area contributed by atoms with Gasteiger partial charge in [0.25, 0.3) is 0 Å². The number of carbonyl (C=O) groups is 3. The van der Waals surface area contributed by atoms with Crippen molar-refractivity contribution >= 4 is 17.5 Å². The third kappa shape index (κ3) is 3.48. The van der Waals surface area contributed by atoms with E-state index in [0.717, 1.165) is 0 Å². The lowest BCUT2D eigenvalue weighted by molar-refractivity contribution is 0.0473. The first-order chi connectivity index (χ1) is 10.8. The summed E-state index contributed by atoms with van der Waals surface area (Å²) in [5, 5.41) is 9.33. The highest BCUT2D eigenvalue weighted by molar-refractivity contribution is 6.04. The highest BCUT2D eigenvalue weighted by Gasteiger charge is 2.21. The van der Waals surface area contributed by atoms with E-state index >= 15 is 0 Å². The van der Waals surface area contributed by atoms with Crippen molar-refractivity contribution in [1.29, 1.82) is 0 Å². The van der Waals surface area contributed by atoms with Crippen molar-refractivity contribution in [3.8, 4) is 5.75 Å². The molecule has 1 aromatic heterocycles. The summed E-state index contributed by atoms with van der Waals surface area (Å²) in [6.07, 6.45) is 0. The SMILES string of the molecule is CC(=O)c1c(C)[nH]c(C(=O)COC(=O)c2cccc(O)c2)c1C. The van der Waals surface area contributed by atoms with E-state index in [4.69, 9.17) is 4.74 Å². The third-order valence-corrected chi connectivity index (χ3v) is 3.48. The van der Waals surface area contributed by atoms with Crippen LogP contribution >= 0.6 is 0 Å². The van der Waals surface area contributed by atoms with Crippen LogP contribution in [0.4, 0.5) is 0 Å². The molecular weight excluding hydrogens is 298 g/mol. The van der Waals surface area contributed by atoms with Gasteiger partial charge < -0.3 is 14.8 Å². The summed E-state index contributed by atoms with van der Waals surface area (Å²) in [5.41, 5.74) is 2.05. The van der Waals surface area contributed by atoms with E-state index < -0.39 is 18.4 Å². The number of phenolic OH excluding ortho intramolecular Hbond substituents is 1. The van der Waals surface area contributed by atoms with Gasteiger partial charge in [-0.2, -0.15) is 0 Å². The molecular formula is C17H17NO5. The standard InChI is InChI=1S/C17H17NO5/c1-9-15(11(3)19)10(2)18-16(9)14(21)8-23-17(22)12-5-4-6-13(20)7-12/h4-7,18,20H,8H2,1-3H3.